The monoisotopic (exact) mass is 361 g/mol. The summed E-state index contributed by atoms with van der Waals surface area (Å²) in [5, 5.41) is 0. The summed E-state index contributed by atoms with van der Waals surface area (Å²) in [5.41, 5.74) is 1.34. The lowest BCUT2D eigenvalue weighted by Gasteiger charge is -2.32. The molecule has 0 unspecified atom stereocenters. The number of piperidine rings is 1. The zero-order chi connectivity index (χ0) is 18.5. The van der Waals surface area contributed by atoms with Crippen molar-refractivity contribution in [3.63, 3.8) is 0 Å². The van der Waals surface area contributed by atoms with Gasteiger partial charge in [-0.25, -0.2) is 15.0 Å². The van der Waals surface area contributed by atoms with E-state index in [9.17, 15) is 4.79 Å². The third kappa shape index (κ3) is 4.08. The van der Waals surface area contributed by atoms with Gasteiger partial charge < -0.3 is 9.64 Å². The molecule has 1 fully saturated rings. The molecule has 3 aromatic rings. The average molecular weight is 361 g/mol. The predicted molar refractivity (Wildman–Crippen MR) is 98.5 cm³/mol. The van der Waals surface area contributed by atoms with Crippen LogP contribution in [-0.2, 0) is 0 Å². The maximum Gasteiger partial charge on any atom is 0.257 e. The normalized spacial score (nSPS) is 16.7. The molecule has 1 amide bonds. The van der Waals surface area contributed by atoms with Crippen molar-refractivity contribution in [3.8, 4) is 11.6 Å². The molecule has 3 heterocycles. The lowest BCUT2D eigenvalue weighted by molar-refractivity contribution is 0.0705. The first-order valence-corrected chi connectivity index (χ1v) is 8.89. The largest absolute Gasteiger partial charge is 0.437 e. The number of hydrogen-bond acceptors (Lipinski definition) is 6. The highest BCUT2D eigenvalue weighted by Crippen LogP contribution is 2.28. The first-order valence-electron chi connectivity index (χ1n) is 8.89. The van der Waals surface area contributed by atoms with E-state index in [4.69, 9.17) is 4.74 Å². The summed E-state index contributed by atoms with van der Waals surface area (Å²) in [6.45, 7) is 1.31. The number of ether oxygens (including phenoxy) is 1. The number of hydrogen-bond donors (Lipinski definition) is 0. The zero-order valence-corrected chi connectivity index (χ0v) is 14.7. The fourth-order valence-electron chi connectivity index (χ4n) is 3.21. The Bertz CT molecular complexity index is 905. The van der Waals surface area contributed by atoms with Crippen LogP contribution >= 0.6 is 0 Å². The molecule has 2 aromatic heterocycles. The van der Waals surface area contributed by atoms with Gasteiger partial charge in [-0.2, -0.15) is 0 Å². The molecule has 7 nitrogen and oxygen atoms in total. The molecule has 0 aliphatic carbocycles. The molecule has 1 saturated heterocycles. The van der Waals surface area contributed by atoms with Crippen molar-refractivity contribution in [1.29, 1.82) is 0 Å². The number of amides is 1. The van der Waals surface area contributed by atoms with Gasteiger partial charge in [0.05, 0.1) is 17.5 Å². The van der Waals surface area contributed by atoms with E-state index in [1.165, 1.54) is 6.33 Å². The summed E-state index contributed by atoms with van der Waals surface area (Å²) in [6, 6.07) is 9.49. The Morgan fingerprint density at radius 2 is 1.85 bits per heavy atom. The van der Waals surface area contributed by atoms with Crippen molar-refractivity contribution in [2.24, 2.45) is 0 Å². The Kier molecular flexibility index (Phi) is 5.00. The summed E-state index contributed by atoms with van der Waals surface area (Å²) in [5.74, 6) is 1.25. The average Bonchev–Trinajstić information content (AvgIpc) is 2.75. The number of aromatic nitrogens is 4. The number of para-hydroxylation sites is 1. The van der Waals surface area contributed by atoms with Crippen LogP contribution in [0.25, 0.3) is 0 Å². The zero-order valence-electron chi connectivity index (χ0n) is 14.7. The molecular formula is C20H19N5O2. The first-order chi connectivity index (χ1) is 13.3. The van der Waals surface area contributed by atoms with Gasteiger partial charge in [-0.3, -0.25) is 9.78 Å². The highest BCUT2D eigenvalue weighted by atomic mass is 16.5. The van der Waals surface area contributed by atoms with E-state index in [1.54, 1.807) is 24.8 Å². The minimum Gasteiger partial charge on any atom is -0.437 e. The molecule has 1 atom stereocenters. The highest BCUT2D eigenvalue weighted by Gasteiger charge is 2.27. The summed E-state index contributed by atoms with van der Waals surface area (Å²) in [4.78, 5) is 31.2. The van der Waals surface area contributed by atoms with Crippen molar-refractivity contribution in [2.75, 3.05) is 13.1 Å². The van der Waals surface area contributed by atoms with Crippen LogP contribution < -0.4 is 4.74 Å². The Morgan fingerprint density at radius 1 is 1.04 bits per heavy atom. The number of carbonyl (C=O) groups is 1. The second-order valence-corrected chi connectivity index (χ2v) is 6.41. The standard InChI is InChI=1S/C20H19N5O2/c26-20(16-9-22-14-23-10-16)25-8-4-5-15(13-25)18-11-21-12-19(24-18)27-17-6-2-1-3-7-17/h1-3,6-7,9-12,14-15H,4-5,8,13H2/t15-/m1/s1. The molecule has 7 heteroatoms. The third-order valence-electron chi connectivity index (χ3n) is 4.53. The molecule has 27 heavy (non-hydrogen) atoms. The van der Waals surface area contributed by atoms with Crippen LogP contribution in [0, 0.1) is 0 Å². The maximum atomic E-state index is 12.7. The van der Waals surface area contributed by atoms with E-state index in [0.717, 1.165) is 25.1 Å². The van der Waals surface area contributed by atoms with Crippen LogP contribution in [0.4, 0.5) is 0 Å². The molecule has 136 valence electrons. The summed E-state index contributed by atoms with van der Waals surface area (Å²) >= 11 is 0. The SMILES string of the molecule is O=C(c1cncnc1)N1CCC[C@@H](c2cncc(Oc3ccccc3)n2)C1. The molecule has 0 bridgehead atoms. The number of likely N-dealkylation sites (tertiary alicyclic amines) is 1. The van der Waals surface area contributed by atoms with Crippen molar-refractivity contribution < 1.29 is 9.53 Å². The Hall–Kier alpha value is -3.35. The molecule has 0 saturated carbocycles. The number of rotatable bonds is 4. The van der Waals surface area contributed by atoms with Crippen LogP contribution in [0.5, 0.6) is 11.6 Å². The quantitative estimate of drug-likeness (QED) is 0.710. The Balaban J connectivity index is 1.48. The van der Waals surface area contributed by atoms with E-state index in [2.05, 4.69) is 19.9 Å². The number of nitrogens with zero attached hydrogens (tertiary/aromatic N) is 5. The van der Waals surface area contributed by atoms with Crippen LogP contribution in [0.2, 0.25) is 0 Å². The van der Waals surface area contributed by atoms with Crippen LogP contribution in [0.15, 0.2) is 61.4 Å². The Labute approximate surface area is 157 Å². The van der Waals surface area contributed by atoms with Gasteiger partial charge in [-0.1, -0.05) is 18.2 Å². The van der Waals surface area contributed by atoms with E-state index >= 15 is 0 Å². The molecule has 0 N–H and O–H groups in total. The van der Waals surface area contributed by atoms with Gasteiger partial charge in [-0.15, -0.1) is 0 Å². The van der Waals surface area contributed by atoms with E-state index in [-0.39, 0.29) is 11.8 Å². The maximum absolute atomic E-state index is 12.7. The van der Waals surface area contributed by atoms with E-state index in [0.29, 0.717) is 23.7 Å². The predicted octanol–water partition coefficient (Wildman–Crippen LogP) is 3.08. The van der Waals surface area contributed by atoms with Crippen molar-refractivity contribution in [2.45, 2.75) is 18.8 Å². The molecule has 1 aliphatic rings. The van der Waals surface area contributed by atoms with Gasteiger partial charge in [0.2, 0.25) is 5.88 Å². The second-order valence-electron chi connectivity index (χ2n) is 6.41. The van der Waals surface area contributed by atoms with Crippen LogP contribution in [0.1, 0.15) is 34.8 Å². The minimum absolute atomic E-state index is 0.0510. The summed E-state index contributed by atoms with van der Waals surface area (Å²) in [6.07, 6.45) is 9.74. The van der Waals surface area contributed by atoms with Gasteiger partial charge in [0.15, 0.2) is 0 Å². The third-order valence-corrected chi connectivity index (χ3v) is 4.53. The van der Waals surface area contributed by atoms with Crippen molar-refractivity contribution in [3.05, 3.63) is 72.7 Å². The van der Waals surface area contributed by atoms with Gasteiger partial charge in [-0.05, 0) is 25.0 Å². The van der Waals surface area contributed by atoms with Crippen molar-refractivity contribution >= 4 is 5.91 Å². The first kappa shape index (κ1) is 17.1. The molecular weight excluding hydrogens is 342 g/mol. The molecule has 0 spiro atoms. The molecule has 1 aromatic carbocycles. The van der Waals surface area contributed by atoms with Gasteiger partial charge >= 0.3 is 0 Å². The minimum atomic E-state index is -0.0510. The summed E-state index contributed by atoms with van der Waals surface area (Å²) in [7, 11) is 0. The number of carbonyl (C=O) groups excluding carboxylic acids is 1. The van der Waals surface area contributed by atoms with Crippen LogP contribution in [0.3, 0.4) is 0 Å². The number of benzene rings is 1. The van der Waals surface area contributed by atoms with Gasteiger partial charge in [0.25, 0.3) is 5.91 Å². The fourth-order valence-corrected chi connectivity index (χ4v) is 3.21. The van der Waals surface area contributed by atoms with E-state index < -0.39 is 0 Å². The fraction of sp³-hybridized carbons (Fsp3) is 0.250. The van der Waals surface area contributed by atoms with Crippen molar-refractivity contribution in [1.82, 2.24) is 24.8 Å². The van der Waals surface area contributed by atoms with Gasteiger partial charge in [0, 0.05) is 37.6 Å². The molecule has 0 radical (unpaired) electrons. The molecule has 4 rings (SSSR count). The topological polar surface area (TPSA) is 81.1 Å². The van der Waals surface area contributed by atoms with E-state index in [1.807, 2.05) is 35.2 Å². The highest BCUT2D eigenvalue weighted by molar-refractivity contribution is 5.93. The van der Waals surface area contributed by atoms with Crippen LogP contribution in [-0.4, -0.2) is 43.8 Å². The van der Waals surface area contributed by atoms with Gasteiger partial charge in [0.1, 0.15) is 12.1 Å². The molecule has 1 aliphatic heterocycles. The lowest BCUT2D eigenvalue weighted by atomic mass is 9.94. The second kappa shape index (κ2) is 7.90. The lowest BCUT2D eigenvalue weighted by Crippen LogP contribution is -2.39. The smallest absolute Gasteiger partial charge is 0.257 e. The summed E-state index contributed by atoms with van der Waals surface area (Å²) < 4.78 is 5.78. The Morgan fingerprint density at radius 3 is 2.67 bits per heavy atom.